The topological polar surface area (TPSA) is 49.4 Å². The highest BCUT2D eigenvalue weighted by atomic mass is 32.2. The van der Waals surface area contributed by atoms with Crippen LogP contribution in [-0.2, 0) is 15.0 Å². The third kappa shape index (κ3) is 5.45. The molecule has 0 aliphatic carbocycles. The first kappa shape index (κ1) is 22.4. The maximum absolute atomic E-state index is 12.7. The highest BCUT2D eigenvalue weighted by Gasteiger charge is 2.34. The van der Waals surface area contributed by atoms with Crippen LogP contribution in [0.5, 0.6) is 0 Å². The molecule has 160 valence electrons. The number of hydrogen-bond acceptors (Lipinski definition) is 3. The van der Waals surface area contributed by atoms with E-state index in [4.69, 9.17) is 0 Å². The summed E-state index contributed by atoms with van der Waals surface area (Å²) < 4.78 is 0. The van der Waals surface area contributed by atoms with E-state index in [1.807, 2.05) is 62.1 Å². The van der Waals surface area contributed by atoms with Crippen molar-refractivity contribution in [2.45, 2.75) is 58.8 Å². The molecule has 1 heterocycles. The molecule has 0 saturated carbocycles. The summed E-state index contributed by atoms with van der Waals surface area (Å²) >= 11 is 1.62. The quantitative estimate of drug-likeness (QED) is 0.641. The van der Waals surface area contributed by atoms with E-state index in [0.29, 0.717) is 12.2 Å². The number of amides is 2. The van der Waals surface area contributed by atoms with Crippen molar-refractivity contribution in [1.29, 1.82) is 0 Å². The summed E-state index contributed by atoms with van der Waals surface area (Å²) in [4.78, 5) is 26.9. The Morgan fingerprint density at radius 3 is 2.33 bits per heavy atom. The van der Waals surface area contributed by atoms with Crippen LogP contribution in [0.15, 0.2) is 48.5 Å². The van der Waals surface area contributed by atoms with Gasteiger partial charge in [0.2, 0.25) is 11.8 Å². The van der Waals surface area contributed by atoms with Gasteiger partial charge in [0.05, 0.1) is 5.75 Å². The van der Waals surface area contributed by atoms with Gasteiger partial charge in [-0.25, -0.2) is 0 Å². The van der Waals surface area contributed by atoms with Crippen molar-refractivity contribution < 1.29 is 9.59 Å². The van der Waals surface area contributed by atoms with Gasteiger partial charge in [-0.3, -0.25) is 14.5 Å². The molecule has 1 saturated heterocycles. The number of nitrogens with zero attached hydrogens (tertiary/aromatic N) is 1. The van der Waals surface area contributed by atoms with E-state index in [1.165, 1.54) is 5.56 Å². The summed E-state index contributed by atoms with van der Waals surface area (Å²) in [7, 11) is 0. The van der Waals surface area contributed by atoms with Crippen LogP contribution < -0.4 is 10.2 Å². The lowest BCUT2D eigenvalue weighted by Crippen LogP contribution is -2.28. The molecule has 0 unspecified atom stereocenters. The molecule has 1 N–H and O–H groups in total. The molecule has 4 nitrogen and oxygen atoms in total. The Balaban J connectivity index is 1.82. The minimum atomic E-state index is -0.0996. The molecular formula is C25H32N2O2S. The average molecular weight is 425 g/mol. The number of benzene rings is 2. The fourth-order valence-corrected chi connectivity index (χ4v) is 4.70. The van der Waals surface area contributed by atoms with Gasteiger partial charge in [-0.05, 0) is 46.2 Å². The van der Waals surface area contributed by atoms with Crippen LogP contribution in [0.1, 0.15) is 64.5 Å². The van der Waals surface area contributed by atoms with Crippen molar-refractivity contribution in [3.63, 3.8) is 0 Å². The average Bonchev–Trinajstić information content (AvgIpc) is 3.01. The molecule has 0 bridgehead atoms. The zero-order valence-electron chi connectivity index (χ0n) is 18.8. The molecular weight excluding hydrogens is 392 g/mol. The number of anilines is 2. The van der Waals surface area contributed by atoms with E-state index in [1.54, 1.807) is 11.8 Å². The molecule has 2 aromatic carbocycles. The molecule has 0 aromatic heterocycles. The zero-order valence-corrected chi connectivity index (χ0v) is 19.6. The van der Waals surface area contributed by atoms with Gasteiger partial charge in [-0.15, -0.1) is 11.8 Å². The Kier molecular flexibility index (Phi) is 6.32. The summed E-state index contributed by atoms with van der Waals surface area (Å²) in [6.45, 7) is 12.7. The van der Waals surface area contributed by atoms with Crippen molar-refractivity contribution in [3.05, 3.63) is 59.7 Å². The van der Waals surface area contributed by atoms with Gasteiger partial charge in [0.15, 0.2) is 0 Å². The van der Waals surface area contributed by atoms with Gasteiger partial charge >= 0.3 is 0 Å². The van der Waals surface area contributed by atoms with Crippen LogP contribution in [0.4, 0.5) is 11.4 Å². The van der Waals surface area contributed by atoms with Crippen LogP contribution in [0.25, 0.3) is 0 Å². The van der Waals surface area contributed by atoms with Crippen LogP contribution in [0.3, 0.4) is 0 Å². The standard InChI is InChI=1S/C25H32N2O2S/c1-24(2,3)15-21(28)26-19-9-7-8-17(14-19)23-27(22(29)16-30-23)20-12-10-18(11-13-20)25(4,5)6/h7-14,23H,15-16H2,1-6H3,(H,26,28)/t23-/m0/s1. The van der Waals surface area contributed by atoms with Crippen molar-refractivity contribution >= 4 is 35.0 Å². The Morgan fingerprint density at radius 1 is 1.07 bits per heavy atom. The van der Waals surface area contributed by atoms with E-state index in [-0.39, 0.29) is 28.0 Å². The van der Waals surface area contributed by atoms with Gasteiger partial charge < -0.3 is 5.32 Å². The first-order chi connectivity index (χ1) is 13.9. The Labute approximate surface area is 184 Å². The number of nitrogens with one attached hydrogen (secondary N) is 1. The summed E-state index contributed by atoms with van der Waals surface area (Å²) in [6, 6.07) is 16.1. The van der Waals surface area contributed by atoms with E-state index < -0.39 is 0 Å². The molecule has 0 spiro atoms. The van der Waals surface area contributed by atoms with Crippen molar-refractivity contribution in [3.8, 4) is 0 Å². The maximum Gasteiger partial charge on any atom is 0.238 e. The van der Waals surface area contributed by atoms with Crippen molar-refractivity contribution in [2.75, 3.05) is 16.0 Å². The zero-order chi connectivity index (χ0) is 22.1. The second-order valence-electron chi connectivity index (χ2n) is 10.1. The van der Waals surface area contributed by atoms with Gasteiger partial charge in [0.1, 0.15) is 5.37 Å². The molecule has 1 atom stereocenters. The van der Waals surface area contributed by atoms with Gasteiger partial charge in [0.25, 0.3) is 0 Å². The third-order valence-corrected chi connectivity index (χ3v) is 6.24. The van der Waals surface area contributed by atoms with Gasteiger partial charge in [-0.2, -0.15) is 0 Å². The summed E-state index contributed by atoms with van der Waals surface area (Å²) in [6.07, 6.45) is 0.458. The van der Waals surface area contributed by atoms with Crippen molar-refractivity contribution in [1.82, 2.24) is 0 Å². The monoisotopic (exact) mass is 424 g/mol. The highest BCUT2D eigenvalue weighted by Crippen LogP contribution is 2.42. The highest BCUT2D eigenvalue weighted by molar-refractivity contribution is 8.00. The molecule has 3 rings (SSSR count). The van der Waals surface area contributed by atoms with E-state index in [2.05, 4.69) is 38.2 Å². The number of hydrogen-bond donors (Lipinski definition) is 1. The summed E-state index contributed by atoms with van der Waals surface area (Å²) in [5, 5.41) is 2.90. The second kappa shape index (κ2) is 8.46. The van der Waals surface area contributed by atoms with Crippen LogP contribution in [0.2, 0.25) is 0 Å². The number of carbonyl (C=O) groups is 2. The smallest absolute Gasteiger partial charge is 0.238 e. The summed E-state index contributed by atoms with van der Waals surface area (Å²) in [5.41, 5.74) is 3.94. The fraction of sp³-hybridized carbons (Fsp3) is 0.440. The third-order valence-electron chi connectivity index (χ3n) is 5.03. The molecule has 2 aromatic rings. The molecule has 1 aliphatic heterocycles. The normalized spacial score (nSPS) is 17.3. The Bertz CT molecular complexity index is 923. The van der Waals surface area contributed by atoms with E-state index >= 15 is 0 Å². The predicted octanol–water partition coefficient (Wildman–Crippen LogP) is 6.14. The molecule has 1 aliphatic rings. The first-order valence-electron chi connectivity index (χ1n) is 10.4. The minimum absolute atomic E-state index is 0.00410. The largest absolute Gasteiger partial charge is 0.326 e. The van der Waals surface area contributed by atoms with Crippen LogP contribution in [-0.4, -0.2) is 17.6 Å². The molecule has 30 heavy (non-hydrogen) atoms. The van der Waals surface area contributed by atoms with E-state index in [0.717, 1.165) is 16.9 Å². The van der Waals surface area contributed by atoms with Crippen LogP contribution >= 0.6 is 11.8 Å². The molecule has 1 fully saturated rings. The lowest BCUT2D eigenvalue weighted by atomic mass is 9.87. The summed E-state index contributed by atoms with van der Waals surface area (Å²) in [5.74, 6) is 0.562. The molecule has 5 heteroatoms. The van der Waals surface area contributed by atoms with E-state index in [9.17, 15) is 9.59 Å². The Hall–Kier alpha value is -2.27. The molecule has 0 radical (unpaired) electrons. The first-order valence-corrected chi connectivity index (χ1v) is 11.4. The predicted molar refractivity (Wildman–Crippen MR) is 127 cm³/mol. The number of carbonyl (C=O) groups excluding carboxylic acids is 2. The second-order valence-corrected chi connectivity index (χ2v) is 11.2. The van der Waals surface area contributed by atoms with Crippen LogP contribution in [0, 0.1) is 5.41 Å². The minimum Gasteiger partial charge on any atom is -0.326 e. The lowest BCUT2D eigenvalue weighted by molar-refractivity contribution is -0.118. The van der Waals surface area contributed by atoms with Crippen molar-refractivity contribution in [2.24, 2.45) is 5.41 Å². The van der Waals surface area contributed by atoms with Gasteiger partial charge in [0, 0.05) is 17.8 Å². The maximum atomic E-state index is 12.7. The number of thioether (sulfide) groups is 1. The Morgan fingerprint density at radius 2 is 1.73 bits per heavy atom. The van der Waals surface area contributed by atoms with Gasteiger partial charge in [-0.1, -0.05) is 65.8 Å². The SMILES string of the molecule is CC(C)(C)CC(=O)Nc1cccc([C@@H]2SCC(=O)N2c2ccc(C(C)(C)C)cc2)c1. The fourth-order valence-electron chi connectivity index (χ4n) is 3.53. The molecule has 2 amide bonds. The number of rotatable bonds is 4. The lowest BCUT2D eigenvalue weighted by Gasteiger charge is -2.26.